The highest BCUT2D eigenvalue weighted by atomic mass is 16.6. The van der Waals surface area contributed by atoms with Gasteiger partial charge in [0.05, 0.1) is 6.61 Å². The highest BCUT2D eigenvalue weighted by Crippen LogP contribution is 2.12. The number of carbonyl (C=O) groups excluding carboxylic acids is 2. The minimum atomic E-state index is -0.579. The van der Waals surface area contributed by atoms with E-state index in [0.29, 0.717) is 19.4 Å². The van der Waals surface area contributed by atoms with Gasteiger partial charge in [-0.05, 0) is 135 Å². The fraction of sp³-hybridized carbons (Fsp3) is 0.619. The lowest BCUT2D eigenvalue weighted by atomic mass is 10.1. The van der Waals surface area contributed by atoms with Crippen molar-refractivity contribution in [1.29, 1.82) is 0 Å². The molecule has 68 heavy (non-hydrogen) atoms. The van der Waals surface area contributed by atoms with E-state index in [2.05, 4.69) is 154 Å². The molecular weight excluding hydrogens is 837 g/mol. The van der Waals surface area contributed by atoms with Gasteiger partial charge in [0.15, 0.2) is 6.10 Å². The molecular formula is C63H102O5. The van der Waals surface area contributed by atoms with Crippen LogP contribution in [0.1, 0.15) is 226 Å². The third kappa shape index (κ3) is 54.6. The van der Waals surface area contributed by atoms with Crippen LogP contribution in [0.5, 0.6) is 0 Å². The van der Waals surface area contributed by atoms with E-state index in [4.69, 9.17) is 14.2 Å². The Bertz CT molecular complexity index is 1430. The first-order valence-corrected chi connectivity index (χ1v) is 27.7. The molecule has 0 heterocycles. The van der Waals surface area contributed by atoms with Crippen LogP contribution in [0, 0.1) is 0 Å². The zero-order valence-electron chi connectivity index (χ0n) is 44.1. The molecule has 0 aromatic rings. The van der Waals surface area contributed by atoms with Crippen molar-refractivity contribution in [3.8, 4) is 0 Å². The first kappa shape index (κ1) is 64.0. The number of carbonyl (C=O) groups is 2. The lowest BCUT2D eigenvalue weighted by Crippen LogP contribution is -2.30. The van der Waals surface area contributed by atoms with E-state index in [0.717, 1.165) is 141 Å². The van der Waals surface area contributed by atoms with Crippen molar-refractivity contribution in [3.63, 3.8) is 0 Å². The normalized spacial score (nSPS) is 13.3. The average Bonchev–Trinajstić information content (AvgIpc) is 3.34. The molecule has 0 aromatic carbocycles. The standard InChI is InChI=1S/C63H102O5/c1-4-7-10-13-16-19-22-25-28-30-32-34-36-38-41-44-47-50-53-56-62(64)67-60-61(59-66-58-55-52-49-46-43-40-27-24-21-18-15-12-9-6-3)68-63(65)57-54-51-48-45-42-39-37-35-33-31-29-26-23-20-17-14-11-8-5-2/h7,9-10,12,16-21,25-29,32-35,38,40-41,61H,4-6,8,11,13-15,22-24,30-31,36-37,39,42-60H2,1-3H3/b10-7-,12-9-,19-16-,20-17-,21-18-,28-25-,29-26-,34-32-,35-33-,40-27-,41-38-. The summed E-state index contributed by atoms with van der Waals surface area (Å²) in [5, 5.41) is 0. The maximum atomic E-state index is 12.9. The lowest BCUT2D eigenvalue weighted by Gasteiger charge is -2.18. The lowest BCUT2D eigenvalue weighted by molar-refractivity contribution is -0.163. The van der Waals surface area contributed by atoms with Crippen LogP contribution in [-0.4, -0.2) is 37.9 Å². The number of rotatable bonds is 49. The molecule has 0 rings (SSSR count). The minimum absolute atomic E-state index is 0.0445. The molecule has 384 valence electrons. The van der Waals surface area contributed by atoms with Crippen molar-refractivity contribution >= 4 is 11.9 Å². The average molecular weight is 940 g/mol. The summed E-state index contributed by atoms with van der Waals surface area (Å²) in [5.74, 6) is -0.470. The molecule has 1 unspecified atom stereocenters. The number of esters is 2. The van der Waals surface area contributed by atoms with Crippen LogP contribution in [0.25, 0.3) is 0 Å². The van der Waals surface area contributed by atoms with Crippen LogP contribution < -0.4 is 0 Å². The molecule has 0 aliphatic carbocycles. The van der Waals surface area contributed by atoms with Crippen LogP contribution in [0.4, 0.5) is 0 Å². The molecule has 0 bridgehead atoms. The summed E-state index contributed by atoms with van der Waals surface area (Å²) < 4.78 is 17.4. The summed E-state index contributed by atoms with van der Waals surface area (Å²) in [6, 6.07) is 0. The number of unbranched alkanes of at least 4 members (excludes halogenated alkanes) is 16. The molecule has 0 saturated heterocycles. The van der Waals surface area contributed by atoms with Gasteiger partial charge in [-0.25, -0.2) is 0 Å². The first-order chi connectivity index (χ1) is 33.6. The Morgan fingerprint density at radius 2 is 0.662 bits per heavy atom. The molecule has 0 saturated carbocycles. The molecule has 0 amide bonds. The smallest absolute Gasteiger partial charge is 0.306 e. The molecule has 0 spiro atoms. The van der Waals surface area contributed by atoms with Gasteiger partial charge >= 0.3 is 11.9 Å². The summed E-state index contributed by atoms with van der Waals surface area (Å²) in [5.41, 5.74) is 0. The van der Waals surface area contributed by atoms with Crippen molar-refractivity contribution < 1.29 is 23.8 Å². The van der Waals surface area contributed by atoms with Gasteiger partial charge in [-0.3, -0.25) is 9.59 Å². The van der Waals surface area contributed by atoms with E-state index < -0.39 is 6.10 Å². The van der Waals surface area contributed by atoms with Crippen LogP contribution >= 0.6 is 0 Å². The Morgan fingerprint density at radius 1 is 0.338 bits per heavy atom. The first-order valence-electron chi connectivity index (χ1n) is 27.7. The van der Waals surface area contributed by atoms with E-state index in [1.165, 1.54) is 51.4 Å². The Labute approximate surface area is 419 Å². The van der Waals surface area contributed by atoms with E-state index >= 15 is 0 Å². The number of ether oxygens (including phenoxy) is 3. The van der Waals surface area contributed by atoms with E-state index in [1.807, 2.05) is 0 Å². The van der Waals surface area contributed by atoms with Crippen LogP contribution in [0.3, 0.4) is 0 Å². The van der Waals surface area contributed by atoms with Crippen molar-refractivity contribution in [1.82, 2.24) is 0 Å². The minimum Gasteiger partial charge on any atom is -0.462 e. The van der Waals surface area contributed by atoms with Gasteiger partial charge in [0.1, 0.15) is 6.61 Å². The number of allylic oxidation sites excluding steroid dienone is 22. The monoisotopic (exact) mass is 939 g/mol. The van der Waals surface area contributed by atoms with E-state index in [1.54, 1.807) is 0 Å². The molecule has 5 nitrogen and oxygen atoms in total. The van der Waals surface area contributed by atoms with E-state index in [9.17, 15) is 9.59 Å². The van der Waals surface area contributed by atoms with Gasteiger partial charge in [0.2, 0.25) is 0 Å². The Morgan fingerprint density at radius 3 is 1.07 bits per heavy atom. The van der Waals surface area contributed by atoms with Crippen molar-refractivity contribution in [2.24, 2.45) is 0 Å². The highest BCUT2D eigenvalue weighted by Gasteiger charge is 2.17. The quantitative estimate of drug-likeness (QED) is 0.0345. The molecule has 0 radical (unpaired) electrons. The van der Waals surface area contributed by atoms with Gasteiger partial charge in [-0.2, -0.15) is 0 Å². The summed E-state index contributed by atoms with van der Waals surface area (Å²) >= 11 is 0. The summed E-state index contributed by atoms with van der Waals surface area (Å²) in [6.45, 7) is 7.46. The van der Waals surface area contributed by atoms with E-state index in [-0.39, 0.29) is 25.2 Å². The van der Waals surface area contributed by atoms with Gasteiger partial charge in [-0.15, -0.1) is 0 Å². The van der Waals surface area contributed by atoms with Crippen LogP contribution in [0.15, 0.2) is 134 Å². The van der Waals surface area contributed by atoms with Gasteiger partial charge < -0.3 is 14.2 Å². The topological polar surface area (TPSA) is 61.8 Å². The molecule has 1 atom stereocenters. The fourth-order valence-electron chi connectivity index (χ4n) is 7.09. The fourth-order valence-corrected chi connectivity index (χ4v) is 7.09. The van der Waals surface area contributed by atoms with Crippen LogP contribution in [-0.2, 0) is 23.8 Å². The summed E-state index contributed by atoms with van der Waals surface area (Å²) in [6.07, 6.45) is 81.8. The van der Waals surface area contributed by atoms with Crippen molar-refractivity contribution in [3.05, 3.63) is 134 Å². The second kappa shape index (κ2) is 57.4. The molecule has 0 aliphatic rings. The van der Waals surface area contributed by atoms with Gasteiger partial charge in [0, 0.05) is 19.4 Å². The molecule has 5 heteroatoms. The highest BCUT2D eigenvalue weighted by molar-refractivity contribution is 5.70. The van der Waals surface area contributed by atoms with Crippen molar-refractivity contribution in [2.75, 3.05) is 19.8 Å². The summed E-state index contributed by atoms with van der Waals surface area (Å²) in [4.78, 5) is 25.5. The maximum Gasteiger partial charge on any atom is 0.306 e. The number of hydrogen-bond donors (Lipinski definition) is 0. The predicted molar refractivity (Wildman–Crippen MR) is 297 cm³/mol. The third-order valence-electron chi connectivity index (χ3n) is 11.2. The zero-order valence-corrected chi connectivity index (χ0v) is 44.1. The molecule has 0 aromatic heterocycles. The second-order valence-electron chi connectivity index (χ2n) is 17.7. The molecule has 0 aliphatic heterocycles. The second-order valence-corrected chi connectivity index (χ2v) is 17.7. The van der Waals surface area contributed by atoms with Gasteiger partial charge in [-0.1, -0.05) is 212 Å². The van der Waals surface area contributed by atoms with Gasteiger partial charge in [0.25, 0.3) is 0 Å². The zero-order chi connectivity index (χ0) is 49.2. The molecule has 0 fully saturated rings. The Kier molecular flexibility index (Phi) is 54.0. The predicted octanol–water partition coefficient (Wildman–Crippen LogP) is 19.1. The Hall–Kier alpha value is -3.96. The SMILES string of the molecule is CC/C=C\C/C=C\C/C=C\C/C=C\C/C=C\CCCCCC(=O)OCC(COCCCCCC/C=C\C/C=C\C/C=C\CC)OC(=O)CCCCCCCC/C=C\C/C=C\C/C=C\CCCCC. The maximum absolute atomic E-state index is 12.9. The third-order valence-corrected chi connectivity index (χ3v) is 11.2. The van der Waals surface area contributed by atoms with Crippen molar-refractivity contribution in [2.45, 2.75) is 232 Å². The Balaban J connectivity index is 4.42. The number of hydrogen-bond acceptors (Lipinski definition) is 5. The summed E-state index contributed by atoms with van der Waals surface area (Å²) in [7, 11) is 0. The van der Waals surface area contributed by atoms with Crippen LogP contribution in [0.2, 0.25) is 0 Å². The largest absolute Gasteiger partial charge is 0.462 e. The molecule has 0 N–H and O–H groups in total.